The molecule has 8 heteroatoms. The Bertz CT molecular complexity index is 1780. The van der Waals surface area contributed by atoms with Crippen LogP contribution in [0.3, 0.4) is 0 Å². The number of rotatable bonds is 0. The van der Waals surface area contributed by atoms with E-state index in [1.807, 2.05) is 0 Å². The highest BCUT2D eigenvalue weighted by Crippen LogP contribution is 2.42. The van der Waals surface area contributed by atoms with Gasteiger partial charge in [0.1, 0.15) is 46.5 Å². The topological polar surface area (TPSA) is 111 Å². The number of hydrogen-bond acceptors (Lipinski definition) is 4. The van der Waals surface area contributed by atoms with Crippen LogP contribution in [0, 0.1) is 0 Å². The molecule has 4 aromatic carbocycles. The fourth-order valence-corrected chi connectivity index (χ4v) is 6.00. The molecule has 0 unspecified atom stereocenters. The summed E-state index contributed by atoms with van der Waals surface area (Å²) in [4.78, 5) is 14.5. The quantitative estimate of drug-likeness (QED) is 0.102. The van der Waals surface area contributed by atoms with Crippen molar-refractivity contribution in [3.05, 3.63) is 97.1 Å². The lowest BCUT2D eigenvalue weighted by Crippen LogP contribution is -1.97. The minimum atomic E-state index is 0.908. The second-order valence-corrected chi connectivity index (χ2v) is 10.2. The van der Waals surface area contributed by atoms with Crippen molar-refractivity contribution < 1.29 is 0 Å². The van der Waals surface area contributed by atoms with E-state index in [2.05, 4.69) is 138 Å². The Morgan fingerprint density at radius 3 is 0.525 bits per heavy atom. The van der Waals surface area contributed by atoms with Crippen molar-refractivity contribution in [2.45, 2.75) is 0 Å². The van der Waals surface area contributed by atoms with Gasteiger partial charge in [0.05, 0.1) is 0 Å². The molecule has 0 saturated carbocycles. The van der Waals surface area contributed by atoms with Crippen LogP contribution in [0.4, 0.5) is 46.5 Å². The van der Waals surface area contributed by atoms with Gasteiger partial charge in [-0.2, -0.15) is 0 Å². The van der Waals surface area contributed by atoms with Gasteiger partial charge in [-0.25, -0.2) is 0 Å². The lowest BCUT2D eigenvalue weighted by atomic mass is 10.2. The highest BCUT2D eigenvalue weighted by molar-refractivity contribution is 6.11. The molecule has 192 valence electrons. The van der Waals surface area contributed by atoms with Crippen LogP contribution in [0.15, 0.2) is 97.1 Å². The van der Waals surface area contributed by atoms with Gasteiger partial charge in [0.25, 0.3) is 0 Å². The van der Waals surface area contributed by atoms with Crippen molar-refractivity contribution in [3.8, 4) is 0 Å². The molecule has 4 aromatic heterocycles. The molecule has 0 saturated heterocycles. The van der Waals surface area contributed by atoms with Crippen molar-refractivity contribution in [1.29, 1.82) is 0 Å². The molecule has 1 aliphatic rings. The molecular formula is C32H24N8. The Hall–Kier alpha value is -5.76. The average Bonchev–Trinajstić information content (AvgIpc) is 3.73. The van der Waals surface area contributed by atoms with Gasteiger partial charge >= 0.3 is 0 Å². The second-order valence-electron chi connectivity index (χ2n) is 10.2. The number of fused-ring (bicyclic) bond motifs is 20. The number of H-pyrrole nitrogens is 4. The van der Waals surface area contributed by atoms with Gasteiger partial charge in [0, 0.05) is 43.1 Å². The summed E-state index contributed by atoms with van der Waals surface area (Å²) in [6, 6.07) is 33.5. The summed E-state index contributed by atoms with van der Waals surface area (Å²) in [5.74, 6) is 7.26. The summed E-state index contributed by atoms with van der Waals surface area (Å²) >= 11 is 0. The van der Waals surface area contributed by atoms with Crippen molar-refractivity contribution in [3.63, 3.8) is 0 Å². The van der Waals surface area contributed by atoms with Crippen LogP contribution in [-0.4, -0.2) is 19.9 Å². The van der Waals surface area contributed by atoms with Crippen molar-refractivity contribution in [1.82, 2.24) is 19.9 Å². The Morgan fingerprint density at radius 1 is 0.225 bits per heavy atom. The predicted molar refractivity (Wildman–Crippen MR) is 166 cm³/mol. The third-order valence-corrected chi connectivity index (χ3v) is 7.86. The van der Waals surface area contributed by atoms with Crippen LogP contribution >= 0.6 is 0 Å². The zero-order valence-electron chi connectivity index (χ0n) is 21.2. The molecule has 0 amide bonds. The van der Waals surface area contributed by atoms with Gasteiger partial charge in [-0.3, -0.25) is 0 Å². The summed E-state index contributed by atoms with van der Waals surface area (Å²) in [5.41, 5.74) is 0. The maximum Gasteiger partial charge on any atom is 0.118 e. The first-order chi connectivity index (χ1) is 19.8. The summed E-state index contributed by atoms with van der Waals surface area (Å²) in [6.45, 7) is 0. The third kappa shape index (κ3) is 3.01. The molecule has 8 aromatic rings. The van der Waals surface area contributed by atoms with Gasteiger partial charge in [0.15, 0.2) is 0 Å². The minimum Gasteiger partial charge on any atom is -0.327 e. The maximum absolute atomic E-state index is 3.66. The Morgan fingerprint density at radius 2 is 0.375 bits per heavy atom. The minimum absolute atomic E-state index is 0.908. The lowest BCUT2D eigenvalue weighted by molar-refractivity contribution is 1.28. The first-order valence-electron chi connectivity index (χ1n) is 13.3. The summed E-state index contributed by atoms with van der Waals surface area (Å²) in [7, 11) is 0. The maximum atomic E-state index is 3.66. The summed E-state index contributed by atoms with van der Waals surface area (Å²) in [6.07, 6.45) is 0. The number of benzene rings is 4. The highest BCUT2D eigenvalue weighted by Gasteiger charge is 2.20. The zero-order chi connectivity index (χ0) is 26.2. The summed E-state index contributed by atoms with van der Waals surface area (Å²) in [5, 5.41) is 23.4. The number of aromatic nitrogens is 4. The molecular weight excluding hydrogens is 496 g/mol. The van der Waals surface area contributed by atoms with Gasteiger partial charge in [-0.1, -0.05) is 97.1 Å². The van der Waals surface area contributed by atoms with Crippen molar-refractivity contribution in [2.24, 2.45) is 0 Å². The van der Waals surface area contributed by atoms with Crippen LogP contribution in [-0.2, 0) is 0 Å². The Labute approximate surface area is 227 Å². The van der Waals surface area contributed by atoms with E-state index in [-0.39, 0.29) is 0 Å². The van der Waals surface area contributed by atoms with E-state index in [4.69, 9.17) is 0 Å². The van der Waals surface area contributed by atoms with E-state index in [1.54, 1.807) is 0 Å². The van der Waals surface area contributed by atoms with Crippen LogP contribution in [0.2, 0.25) is 0 Å². The van der Waals surface area contributed by atoms with Crippen LogP contribution < -0.4 is 21.3 Å². The number of hydrogen-bond donors (Lipinski definition) is 8. The second kappa shape index (κ2) is 7.87. The van der Waals surface area contributed by atoms with Crippen LogP contribution in [0.5, 0.6) is 0 Å². The van der Waals surface area contributed by atoms with Gasteiger partial charge < -0.3 is 41.2 Å². The van der Waals surface area contributed by atoms with E-state index in [9.17, 15) is 0 Å². The highest BCUT2D eigenvalue weighted by atomic mass is 15.2. The van der Waals surface area contributed by atoms with Crippen molar-refractivity contribution >= 4 is 89.6 Å². The number of nitrogens with one attached hydrogen (secondary N) is 8. The molecule has 0 radical (unpaired) electrons. The summed E-state index contributed by atoms with van der Waals surface area (Å²) < 4.78 is 0. The van der Waals surface area contributed by atoms with E-state index in [0.29, 0.717) is 0 Å². The molecule has 40 heavy (non-hydrogen) atoms. The lowest BCUT2D eigenvalue weighted by Gasteiger charge is -2.06. The third-order valence-electron chi connectivity index (χ3n) is 7.86. The van der Waals surface area contributed by atoms with Crippen LogP contribution in [0.1, 0.15) is 0 Å². The molecule has 1 aliphatic heterocycles. The average molecular weight is 521 g/mol. The molecule has 0 fully saturated rings. The van der Waals surface area contributed by atoms with Gasteiger partial charge in [-0.05, 0) is 0 Å². The molecule has 9 rings (SSSR count). The van der Waals surface area contributed by atoms with E-state index < -0.39 is 0 Å². The van der Waals surface area contributed by atoms with Gasteiger partial charge in [-0.15, -0.1) is 0 Å². The molecule has 8 nitrogen and oxygen atoms in total. The first kappa shape index (κ1) is 21.2. The predicted octanol–water partition coefficient (Wildman–Crippen LogP) is 8.90. The fraction of sp³-hybridized carbons (Fsp3) is 0. The number of anilines is 8. The molecule has 0 atom stereocenters. The monoisotopic (exact) mass is 520 g/mol. The molecule has 0 aliphatic carbocycles. The largest absolute Gasteiger partial charge is 0.327 e. The molecule has 5 heterocycles. The molecule has 0 spiro atoms. The van der Waals surface area contributed by atoms with E-state index >= 15 is 0 Å². The zero-order valence-corrected chi connectivity index (χ0v) is 21.2. The van der Waals surface area contributed by atoms with Crippen molar-refractivity contribution in [2.75, 3.05) is 21.3 Å². The van der Waals surface area contributed by atoms with Gasteiger partial charge in [0.2, 0.25) is 0 Å². The SMILES string of the molecule is c1ccc2c3[nH]c(c2c1)Nc1[nH]c(c2ccccc12)Nc1[nH]c(c2ccccc12)Nc1[nH]c(c2ccccc12)N3. The standard InChI is InChI=1S/C32H24N8/c1-2-10-18-17(9-1)25-33-26(18)38-28-21-13-5-6-14-22(21)30(35-28)40-32-24-16-8-7-15-23(24)31(36-32)39-29-20-12-4-3-11-19(20)27(34-29)37-25/h1-16,33-40H. The normalized spacial score (nSPS) is 12.8. The van der Waals surface area contributed by atoms with Crippen LogP contribution in [0.25, 0.3) is 43.1 Å². The Kier molecular flexibility index (Phi) is 4.17. The van der Waals surface area contributed by atoms with E-state index in [1.165, 1.54) is 0 Å². The first-order valence-corrected chi connectivity index (χ1v) is 13.3. The fourth-order valence-electron chi connectivity index (χ4n) is 6.00. The number of aromatic amines is 4. The van der Waals surface area contributed by atoms with E-state index in [0.717, 1.165) is 89.6 Å². The molecule has 8 bridgehead atoms. The smallest absolute Gasteiger partial charge is 0.118 e. The molecule has 8 N–H and O–H groups in total. The Balaban J connectivity index is 1.33.